The third-order valence-corrected chi connectivity index (χ3v) is 1.52. The normalized spacial score (nSPS) is 10.6. The van der Waals surface area contributed by atoms with Gasteiger partial charge in [-0.25, -0.2) is 8.78 Å². The largest absolute Gasteiger partial charge is 0.506 e. The van der Waals surface area contributed by atoms with Crippen molar-refractivity contribution in [3.63, 3.8) is 0 Å². The van der Waals surface area contributed by atoms with Crippen LogP contribution in [-0.4, -0.2) is 5.11 Å². The number of halogens is 2. The average Bonchev–Trinajstić information content (AvgIpc) is 1.97. The van der Waals surface area contributed by atoms with Crippen LogP contribution in [0.1, 0.15) is 12.0 Å². The molecule has 0 saturated heterocycles. The van der Waals surface area contributed by atoms with Gasteiger partial charge in [0, 0.05) is 5.69 Å². The monoisotopic (exact) mass is 174 g/mol. The molecular formula is C7H8F2N2O. The number of rotatable bonds is 1. The Morgan fingerprint density at radius 2 is 1.83 bits per heavy atom. The van der Waals surface area contributed by atoms with E-state index in [0.717, 1.165) is 0 Å². The zero-order valence-electron chi connectivity index (χ0n) is 6.09. The molecule has 12 heavy (non-hydrogen) atoms. The topological polar surface area (TPSA) is 72.3 Å². The van der Waals surface area contributed by atoms with Crippen LogP contribution in [0.3, 0.4) is 0 Å². The number of nitrogen functional groups attached to an aromatic ring is 2. The fourth-order valence-electron chi connectivity index (χ4n) is 0.885. The summed E-state index contributed by atoms with van der Waals surface area (Å²) in [6.07, 6.45) is -2.77. The molecule has 0 atom stereocenters. The predicted octanol–water partition coefficient (Wildman–Crippen LogP) is 1.49. The Bertz CT molecular complexity index is 302. The second kappa shape index (κ2) is 2.84. The number of alkyl halides is 2. The van der Waals surface area contributed by atoms with Gasteiger partial charge >= 0.3 is 0 Å². The van der Waals surface area contributed by atoms with Gasteiger partial charge in [-0.2, -0.15) is 0 Å². The van der Waals surface area contributed by atoms with Crippen molar-refractivity contribution in [3.8, 4) is 5.75 Å². The van der Waals surface area contributed by atoms with Gasteiger partial charge in [-0.3, -0.25) is 0 Å². The third kappa shape index (κ3) is 1.25. The van der Waals surface area contributed by atoms with E-state index in [1.807, 2.05) is 0 Å². The summed E-state index contributed by atoms with van der Waals surface area (Å²) >= 11 is 0. The van der Waals surface area contributed by atoms with Crippen molar-refractivity contribution in [1.82, 2.24) is 0 Å². The van der Waals surface area contributed by atoms with Crippen LogP contribution in [0, 0.1) is 0 Å². The molecule has 0 aliphatic heterocycles. The lowest BCUT2D eigenvalue weighted by Crippen LogP contribution is -2.00. The van der Waals surface area contributed by atoms with E-state index in [1.165, 1.54) is 12.1 Å². The Kier molecular flexibility index (Phi) is 2.03. The highest BCUT2D eigenvalue weighted by atomic mass is 19.3. The summed E-state index contributed by atoms with van der Waals surface area (Å²) < 4.78 is 24.4. The summed E-state index contributed by atoms with van der Waals surface area (Å²) in [5.74, 6) is -0.375. The molecule has 0 aromatic heterocycles. The van der Waals surface area contributed by atoms with Crippen LogP contribution >= 0.6 is 0 Å². The van der Waals surface area contributed by atoms with Gasteiger partial charge in [0.2, 0.25) is 0 Å². The van der Waals surface area contributed by atoms with Crippen LogP contribution in [-0.2, 0) is 0 Å². The fourth-order valence-corrected chi connectivity index (χ4v) is 0.885. The molecule has 0 bridgehead atoms. The second-order valence-corrected chi connectivity index (χ2v) is 2.30. The maximum absolute atomic E-state index is 12.2. The van der Waals surface area contributed by atoms with Gasteiger partial charge < -0.3 is 16.6 Å². The summed E-state index contributed by atoms with van der Waals surface area (Å²) in [5, 5.41) is 8.96. The lowest BCUT2D eigenvalue weighted by molar-refractivity contribution is 0.153. The molecule has 0 spiro atoms. The van der Waals surface area contributed by atoms with Crippen LogP contribution in [0.2, 0.25) is 0 Å². The maximum Gasteiger partial charge on any atom is 0.267 e. The number of benzene rings is 1. The zero-order chi connectivity index (χ0) is 9.30. The highest BCUT2D eigenvalue weighted by Crippen LogP contribution is 2.35. The molecule has 5 N–H and O–H groups in total. The molecule has 1 rings (SSSR count). The minimum absolute atomic E-state index is 0.111. The Hall–Kier alpha value is -1.52. The molecule has 5 heteroatoms. The van der Waals surface area contributed by atoms with Gasteiger partial charge in [-0.15, -0.1) is 0 Å². The smallest absolute Gasteiger partial charge is 0.267 e. The Labute approximate surface area is 67.6 Å². The minimum atomic E-state index is -2.77. The number of hydrogen-bond acceptors (Lipinski definition) is 3. The standard InChI is InChI=1S/C7H8F2N2O/c8-7(9)5-3(10)1-2-4(12)6(5)11/h1-2,7,12H,10-11H2. The first-order valence-corrected chi connectivity index (χ1v) is 3.19. The van der Waals surface area contributed by atoms with Crippen molar-refractivity contribution in [2.24, 2.45) is 0 Å². The lowest BCUT2D eigenvalue weighted by Gasteiger charge is -2.08. The van der Waals surface area contributed by atoms with Crippen molar-refractivity contribution in [2.45, 2.75) is 6.43 Å². The van der Waals surface area contributed by atoms with Crippen LogP contribution in [0.4, 0.5) is 20.2 Å². The van der Waals surface area contributed by atoms with Gasteiger partial charge in [-0.05, 0) is 12.1 Å². The maximum atomic E-state index is 12.2. The molecule has 0 unspecified atom stereocenters. The van der Waals surface area contributed by atoms with E-state index >= 15 is 0 Å². The van der Waals surface area contributed by atoms with E-state index in [9.17, 15) is 8.78 Å². The molecule has 0 aliphatic carbocycles. The molecule has 1 aromatic carbocycles. The average molecular weight is 174 g/mol. The van der Waals surface area contributed by atoms with Crippen LogP contribution in [0.15, 0.2) is 12.1 Å². The van der Waals surface area contributed by atoms with Crippen LogP contribution in [0.5, 0.6) is 5.75 Å². The van der Waals surface area contributed by atoms with Crippen molar-refractivity contribution >= 4 is 11.4 Å². The number of phenolic OH excluding ortho intramolecular Hbond substituents is 1. The lowest BCUT2D eigenvalue weighted by atomic mass is 10.1. The van der Waals surface area contributed by atoms with E-state index in [1.54, 1.807) is 0 Å². The molecule has 1 aromatic rings. The van der Waals surface area contributed by atoms with E-state index in [-0.39, 0.29) is 17.1 Å². The number of nitrogens with two attached hydrogens (primary N) is 2. The zero-order valence-corrected chi connectivity index (χ0v) is 6.09. The van der Waals surface area contributed by atoms with Crippen molar-refractivity contribution in [2.75, 3.05) is 11.5 Å². The minimum Gasteiger partial charge on any atom is -0.506 e. The molecule has 0 fully saturated rings. The molecule has 0 radical (unpaired) electrons. The van der Waals surface area contributed by atoms with Crippen molar-refractivity contribution < 1.29 is 13.9 Å². The van der Waals surface area contributed by atoms with Gasteiger partial charge in [0.1, 0.15) is 5.75 Å². The highest BCUT2D eigenvalue weighted by molar-refractivity contribution is 5.68. The molecule has 0 heterocycles. The second-order valence-electron chi connectivity index (χ2n) is 2.30. The quantitative estimate of drug-likeness (QED) is 0.343. The SMILES string of the molecule is Nc1ccc(O)c(N)c1C(F)F. The van der Waals surface area contributed by atoms with Gasteiger partial charge in [0.05, 0.1) is 11.3 Å². The summed E-state index contributed by atoms with van der Waals surface area (Å²) in [4.78, 5) is 0. The van der Waals surface area contributed by atoms with Gasteiger partial charge in [-0.1, -0.05) is 0 Å². The predicted molar refractivity (Wildman–Crippen MR) is 41.9 cm³/mol. The Morgan fingerprint density at radius 1 is 1.25 bits per heavy atom. The van der Waals surface area contributed by atoms with Crippen molar-refractivity contribution in [3.05, 3.63) is 17.7 Å². The molecule has 0 saturated carbocycles. The van der Waals surface area contributed by atoms with E-state index in [4.69, 9.17) is 16.6 Å². The van der Waals surface area contributed by atoms with Crippen molar-refractivity contribution in [1.29, 1.82) is 0 Å². The van der Waals surface area contributed by atoms with Gasteiger partial charge in [0.25, 0.3) is 6.43 Å². The van der Waals surface area contributed by atoms with Gasteiger partial charge in [0.15, 0.2) is 0 Å². The van der Waals surface area contributed by atoms with Crippen LogP contribution < -0.4 is 11.5 Å². The summed E-state index contributed by atoms with van der Waals surface area (Å²) in [6, 6.07) is 2.36. The first-order valence-electron chi connectivity index (χ1n) is 3.19. The molecular weight excluding hydrogens is 166 g/mol. The summed E-state index contributed by atoms with van der Waals surface area (Å²) in [6.45, 7) is 0. The molecule has 66 valence electrons. The Morgan fingerprint density at radius 3 is 2.25 bits per heavy atom. The number of anilines is 2. The summed E-state index contributed by atoms with van der Waals surface area (Å²) in [5.41, 5.74) is 9.42. The first kappa shape index (κ1) is 8.58. The molecule has 0 amide bonds. The summed E-state index contributed by atoms with van der Waals surface area (Å²) in [7, 11) is 0. The number of aromatic hydroxyl groups is 1. The van der Waals surface area contributed by atoms with E-state index < -0.39 is 12.0 Å². The number of phenols is 1. The number of hydrogen-bond donors (Lipinski definition) is 3. The van der Waals surface area contributed by atoms with E-state index in [2.05, 4.69) is 0 Å². The van der Waals surface area contributed by atoms with Crippen LogP contribution in [0.25, 0.3) is 0 Å². The molecule has 3 nitrogen and oxygen atoms in total. The third-order valence-electron chi connectivity index (χ3n) is 1.52. The van der Waals surface area contributed by atoms with E-state index in [0.29, 0.717) is 0 Å². The first-order chi connectivity index (χ1) is 5.54. The Balaban J connectivity index is 3.33. The molecule has 0 aliphatic rings. The fraction of sp³-hybridized carbons (Fsp3) is 0.143. The highest BCUT2D eigenvalue weighted by Gasteiger charge is 2.17.